The summed E-state index contributed by atoms with van der Waals surface area (Å²) in [6, 6.07) is 13.2. The van der Waals surface area contributed by atoms with E-state index in [1.54, 1.807) is 18.5 Å². The Labute approximate surface area is 173 Å². The van der Waals surface area contributed by atoms with Crippen LogP contribution >= 0.6 is 15.9 Å². The summed E-state index contributed by atoms with van der Waals surface area (Å²) in [7, 11) is -3.21. The van der Waals surface area contributed by atoms with Gasteiger partial charge in [0.1, 0.15) is 12.1 Å². The van der Waals surface area contributed by atoms with E-state index in [-0.39, 0.29) is 0 Å². The molecule has 1 aromatic heterocycles. The number of halogens is 1. The van der Waals surface area contributed by atoms with Gasteiger partial charge in [-0.2, -0.15) is 0 Å². The monoisotopic (exact) mass is 460 g/mol. The van der Waals surface area contributed by atoms with Crippen LogP contribution in [0.15, 0.2) is 58.2 Å². The molecule has 8 heteroatoms. The Morgan fingerprint density at radius 3 is 2.57 bits per heavy atom. The number of hydrogen-bond acceptors (Lipinski definition) is 6. The van der Waals surface area contributed by atoms with Crippen molar-refractivity contribution >= 4 is 48.2 Å². The second-order valence-corrected chi connectivity index (χ2v) is 9.89. The molecule has 0 radical (unpaired) electrons. The molecule has 2 heterocycles. The highest BCUT2D eigenvalue weighted by Gasteiger charge is 2.19. The van der Waals surface area contributed by atoms with Crippen LogP contribution in [-0.2, 0) is 9.84 Å². The zero-order chi connectivity index (χ0) is 19.7. The fourth-order valence-corrected chi connectivity index (χ4v) is 4.59. The van der Waals surface area contributed by atoms with Crippen molar-refractivity contribution in [3.63, 3.8) is 0 Å². The van der Waals surface area contributed by atoms with Gasteiger partial charge in [-0.3, -0.25) is 0 Å². The zero-order valence-electron chi connectivity index (χ0n) is 15.5. The third-order valence-corrected chi connectivity index (χ3v) is 6.59. The maximum Gasteiger partial charge on any atom is 0.175 e. The van der Waals surface area contributed by atoms with Crippen molar-refractivity contribution in [1.29, 1.82) is 0 Å². The first kappa shape index (κ1) is 19.1. The fourth-order valence-electron chi connectivity index (χ4n) is 3.57. The van der Waals surface area contributed by atoms with Crippen molar-refractivity contribution in [2.75, 3.05) is 42.2 Å². The molecule has 6 nitrogen and oxygen atoms in total. The van der Waals surface area contributed by atoms with Crippen LogP contribution in [0.1, 0.15) is 6.42 Å². The second-order valence-electron chi connectivity index (χ2n) is 6.96. The molecular formula is C20H21BrN4O2S. The van der Waals surface area contributed by atoms with Crippen LogP contribution < -0.4 is 9.80 Å². The molecule has 1 saturated heterocycles. The third kappa shape index (κ3) is 3.98. The lowest BCUT2D eigenvalue weighted by Crippen LogP contribution is -2.31. The largest absolute Gasteiger partial charge is 0.370 e. The summed E-state index contributed by atoms with van der Waals surface area (Å²) in [6.45, 7) is 3.37. The summed E-state index contributed by atoms with van der Waals surface area (Å²) >= 11 is 3.54. The smallest absolute Gasteiger partial charge is 0.175 e. The van der Waals surface area contributed by atoms with Gasteiger partial charge in [0.25, 0.3) is 0 Å². The third-order valence-electron chi connectivity index (χ3n) is 4.98. The lowest BCUT2D eigenvalue weighted by molar-refractivity contribution is 0.602. The molecule has 1 aliphatic rings. The van der Waals surface area contributed by atoms with Crippen molar-refractivity contribution < 1.29 is 8.42 Å². The Hall–Kier alpha value is -2.19. The van der Waals surface area contributed by atoms with Crippen molar-refractivity contribution in [3.05, 3.63) is 53.3 Å². The first-order valence-corrected chi connectivity index (χ1v) is 11.8. The molecule has 0 amide bonds. The Kier molecular flexibility index (Phi) is 5.25. The summed E-state index contributed by atoms with van der Waals surface area (Å²) in [5.74, 6) is 0.943. The summed E-state index contributed by atoms with van der Waals surface area (Å²) in [5.41, 5.74) is 1.87. The molecule has 4 rings (SSSR count). The van der Waals surface area contributed by atoms with Gasteiger partial charge in [0, 0.05) is 48.0 Å². The number of benzene rings is 2. The van der Waals surface area contributed by atoms with Crippen molar-refractivity contribution in [1.82, 2.24) is 9.97 Å². The van der Waals surface area contributed by atoms with Crippen molar-refractivity contribution in [2.45, 2.75) is 11.3 Å². The molecule has 0 aliphatic carbocycles. The summed E-state index contributed by atoms with van der Waals surface area (Å²) in [6.07, 6.45) is 3.82. The molecule has 2 aromatic carbocycles. The van der Waals surface area contributed by atoms with E-state index < -0.39 is 9.84 Å². The molecule has 0 unspecified atom stereocenters. The van der Waals surface area contributed by atoms with Gasteiger partial charge in [-0.25, -0.2) is 18.4 Å². The summed E-state index contributed by atoms with van der Waals surface area (Å²) in [5, 5.41) is 1.03. The van der Waals surface area contributed by atoms with Crippen LogP contribution in [0.2, 0.25) is 0 Å². The normalized spacial score (nSPS) is 15.6. The highest BCUT2D eigenvalue weighted by Crippen LogP contribution is 2.28. The van der Waals surface area contributed by atoms with Crippen LogP contribution in [0.25, 0.3) is 10.9 Å². The summed E-state index contributed by atoms with van der Waals surface area (Å²) < 4.78 is 24.8. The topological polar surface area (TPSA) is 66.4 Å². The van der Waals surface area contributed by atoms with E-state index in [0.717, 1.165) is 59.5 Å². The Bertz CT molecular complexity index is 1120. The average molecular weight is 461 g/mol. The minimum atomic E-state index is -3.21. The Morgan fingerprint density at radius 1 is 0.964 bits per heavy atom. The van der Waals surface area contributed by atoms with E-state index >= 15 is 0 Å². The molecule has 1 fully saturated rings. The minimum absolute atomic E-state index is 0.359. The van der Waals surface area contributed by atoms with Crippen molar-refractivity contribution in [2.24, 2.45) is 0 Å². The fraction of sp³-hybridized carbons (Fsp3) is 0.300. The number of anilines is 2. The molecule has 28 heavy (non-hydrogen) atoms. The van der Waals surface area contributed by atoms with Crippen LogP contribution in [0.5, 0.6) is 0 Å². The van der Waals surface area contributed by atoms with Gasteiger partial charge in [-0.15, -0.1) is 0 Å². The maximum atomic E-state index is 11.9. The number of sulfone groups is 1. The number of fused-ring (bicyclic) bond motifs is 1. The molecular weight excluding hydrogens is 440 g/mol. The van der Waals surface area contributed by atoms with E-state index in [1.807, 2.05) is 24.3 Å². The first-order chi connectivity index (χ1) is 13.4. The maximum absolute atomic E-state index is 11.9. The lowest BCUT2D eigenvalue weighted by Gasteiger charge is -2.25. The van der Waals surface area contributed by atoms with E-state index in [4.69, 9.17) is 0 Å². The van der Waals surface area contributed by atoms with Gasteiger partial charge in [0.15, 0.2) is 9.84 Å². The predicted molar refractivity (Wildman–Crippen MR) is 116 cm³/mol. The van der Waals surface area contributed by atoms with Crippen LogP contribution in [0.4, 0.5) is 11.5 Å². The van der Waals surface area contributed by atoms with Gasteiger partial charge in [-0.05, 0) is 42.8 Å². The van der Waals surface area contributed by atoms with Gasteiger partial charge in [-0.1, -0.05) is 22.0 Å². The quantitative estimate of drug-likeness (QED) is 0.595. The van der Waals surface area contributed by atoms with Gasteiger partial charge in [0.05, 0.1) is 10.4 Å². The van der Waals surface area contributed by atoms with E-state index in [2.05, 4.69) is 41.8 Å². The number of nitrogens with zero attached hydrogens (tertiary/aromatic N) is 4. The Morgan fingerprint density at radius 2 is 1.75 bits per heavy atom. The molecule has 0 N–H and O–H groups in total. The molecule has 146 valence electrons. The average Bonchev–Trinajstić information content (AvgIpc) is 2.93. The second kappa shape index (κ2) is 7.67. The van der Waals surface area contributed by atoms with Crippen LogP contribution in [0.3, 0.4) is 0 Å². The Balaban J connectivity index is 1.59. The highest BCUT2D eigenvalue weighted by atomic mass is 79.9. The zero-order valence-corrected chi connectivity index (χ0v) is 17.9. The highest BCUT2D eigenvalue weighted by molar-refractivity contribution is 9.10. The first-order valence-electron chi connectivity index (χ1n) is 9.12. The van der Waals surface area contributed by atoms with Gasteiger partial charge in [0.2, 0.25) is 0 Å². The predicted octanol–water partition coefficient (Wildman–Crippen LogP) is 3.51. The van der Waals surface area contributed by atoms with Crippen molar-refractivity contribution in [3.8, 4) is 0 Å². The summed E-state index contributed by atoms with van der Waals surface area (Å²) in [4.78, 5) is 13.8. The van der Waals surface area contributed by atoms with Gasteiger partial charge >= 0.3 is 0 Å². The number of rotatable bonds is 3. The lowest BCUT2D eigenvalue weighted by atomic mass is 10.2. The SMILES string of the molecule is CS(=O)(=O)c1cccc(N2CCCN(c3ncnc4ccc(Br)cc34)CC2)c1. The molecule has 1 aliphatic heterocycles. The van der Waals surface area contributed by atoms with E-state index in [1.165, 1.54) is 6.26 Å². The molecule has 3 aromatic rings. The van der Waals surface area contributed by atoms with E-state index in [0.29, 0.717) is 4.90 Å². The van der Waals surface area contributed by atoms with Gasteiger partial charge < -0.3 is 9.80 Å². The number of aromatic nitrogens is 2. The number of hydrogen-bond donors (Lipinski definition) is 0. The van der Waals surface area contributed by atoms with E-state index in [9.17, 15) is 8.42 Å². The molecule has 0 saturated carbocycles. The molecule has 0 spiro atoms. The standard InChI is InChI=1S/C20H21BrN4O2S/c1-28(26,27)17-5-2-4-16(13-17)24-8-3-9-25(11-10-24)20-18-12-15(21)6-7-19(18)22-14-23-20/h2,4-7,12-14H,3,8-11H2,1H3. The van der Waals surface area contributed by atoms with Crippen LogP contribution in [-0.4, -0.2) is 50.8 Å². The minimum Gasteiger partial charge on any atom is -0.370 e. The molecule has 0 atom stereocenters. The molecule has 0 bridgehead atoms. The van der Waals surface area contributed by atoms with Crippen LogP contribution in [0, 0.1) is 0 Å².